The molecule has 0 aliphatic carbocycles. The minimum Gasteiger partial charge on any atom is -0.494 e. The van der Waals surface area contributed by atoms with Gasteiger partial charge in [-0.15, -0.1) is 0 Å². The lowest BCUT2D eigenvalue weighted by Crippen LogP contribution is -2.42. The molecule has 4 nitrogen and oxygen atoms in total. The van der Waals surface area contributed by atoms with Crippen molar-refractivity contribution in [3.8, 4) is 5.75 Å². The number of carbonyl (C=O) groups excluding carboxylic acids is 1. The van der Waals surface area contributed by atoms with E-state index >= 15 is 0 Å². The van der Waals surface area contributed by atoms with Crippen LogP contribution in [0.4, 0.5) is 0 Å². The summed E-state index contributed by atoms with van der Waals surface area (Å²) in [4.78, 5) is 11.3. The highest BCUT2D eigenvalue weighted by molar-refractivity contribution is 5.79. The monoisotopic (exact) mass is 292 g/mol. The van der Waals surface area contributed by atoms with Gasteiger partial charge in [0.1, 0.15) is 5.75 Å². The van der Waals surface area contributed by atoms with Crippen LogP contribution in [0.2, 0.25) is 0 Å². The van der Waals surface area contributed by atoms with Crippen molar-refractivity contribution in [3.05, 3.63) is 29.8 Å². The van der Waals surface area contributed by atoms with Crippen LogP contribution in [-0.4, -0.2) is 25.1 Å². The van der Waals surface area contributed by atoms with Crippen LogP contribution in [0.3, 0.4) is 0 Å². The summed E-state index contributed by atoms with van der Waals surface area (Å²) in [6, 6.07) is 7.77. The van der Waals surface area contributed by atoms with Crippen LogP contribution in [0.25, 0.3) is 0 Å². The molecule has 3 N–H and O–H groups in total. The molecular weight excluding hydrogens is 264 g/mol. The third kappa shape index (κ3) is 6.17. The molecule has 0 saturated heterocycles. The first-order valence-corrected chi connectivity index (χ1v) is 7.60. The van der Waals surface area contributed by atoms with Gasteiger partial charge in [-0.25, -0.2) is 0 Å². The molecule has 0 aromatic heterocycles. The average Bonchev–Trinajstić information content (AvgIpc) is 2.41. The highest BCUT2D eigenvalue weighted by Gasteiger charge is 2.15. The maximum atomic E-state index is 11.3. The normalized spacial score (nSPS) is 13.0. The van der Waals surface area contributed by atoms with Gasteiger partial charge in [-0.3, -0.25) is 4.79 Å². The van der Waals surface area contributed by atoms with E-state index in [-0.39, 0.29) is 17.4 Å². The van der Waals surface area contributed by atoms with Crippen molar-refractivity contribution in [2.75, 3.05) is 13.2 Å². The van der Waals surface area contributed by atoms with Crippen molar-refractivity contribution in [1.82, 2.24) is 5.32 Å². The molecule has 0 fully saturated rings. The maximum Gasteiger partial charge on any atom is 0.234 e. The molecule has 0 aliphatic heterocycles. The van der Waals surface area contributed by atoms with Gasteiger partial charge in [-0.05, 0) is 36.1 Å². The standard InChI is InChI=1S/C17H28N2O2/c1-5-10-19-15(16(18)20)9-11-21-14-8-6-7-13(12-14)17(2,3)4/h6-8,12,15,19H,5,9-11H2,1-4H3,(H2,18,20). The van der Waals surface area contributed by atoms with Crippen molar-refractivity contribution in [1.29, 1.82) is 0 Å². The highest BCUT2D eigenvalue weighted by Crippen LogP contribution is 2.25. The molecule has 4 heteroatoms. The Morgan fingerprint density at radius 1 is 1.38 bits per heavy atom. The van der Waals surface area contributed by atoms with Crippen LogP contribution in [0.1, 0.15) is 46.1 Å². The maximum absolute atomic E-state index is 11.3. The average molecular weight is 292 g/mol. The van der Waals surface area contributed by atoms with Crippen LogP contribution in [-0.2, 0) is 10.2 Å². The van der Waals surface area contributed by atoms with Crippen molar-refractivity contribution in [3.63, 3.8) is 0 Å². The molecule has 0 aliphatic rings. The predicted octanol–water partition coefficient (Wildman–Crippen LogP) is 2.61. The summed E-state index contributed by atoms with van der Waals surface area (Å²) in [5.74, 6) is 0.511. The van der Waals surface area contributed by atoms with Crippen molar-refractivity contribution < 1.29 is 9.53 Å². The van der Waals surface area contributed by atoms with Gasteiger partial charge in [-0.1, -0.05) is 39.8 Å². The third-order valence-corrected chi connectivity index (χ3v) is 3.36. The van der Waals surface area contributed by atoms with Crippen molar-refractivity contribution >= 4 is 5.91 Å². The van der Waals surface area contributed by atoms with Gasteiger partial charge in [0.2, 0.25) is 5.91 Å². The zero-order valence-corrected chi connectivity index (χ0v) is 13.6. The summed E-state index contributed by atoms with van der Waals surface area (Å²) >= 11 is 0. The molecule has 0 spiro atoms. The second-order valence-corrected chi connectivity index (χ2v) is 6.32. The fourth-order valence-corrected chi connectivity index (χ4v) is 2.01. The molecule has 1 unspecified atom stereocenters. The highest BCUT2D eigenvalue weighted by atomic mass is 16.5. The first kappa shape index (κ1) is 17.5. The van der Waals surface area contributed by atoms with E-state index in [0.717, 1.165) is 18.7 Å². The molecule has 1 aromatic carbocycles. The predicted molar refractivity (Wildman–Crippen MR) is 86.5 cm³/mol. The summed E-state index contributed by atoms with van der Waals surface area (Å²) in [6.45, 7) is 9.82. The Morgan fingerprint density at radius 3 is 2.67 bits per heavy atom. The Kier molecular flexibility index (Phi) is 6.69. The van der Waals surface area contributed by atoms with Crippen molar-refractivity contribution in [2.45, 2.75) is 52.0 Å². The number of hydrogen-bond acceptors (Lipinski definition) is 3. The lowest BCUT2D eigenvalue weighted by molar-refractivity contribution is -0.120. The molecule has 0 heterocycles. The zero-order valence-electron chi connectivity index (χ0n) is 13.6. The molecule has 21 heavy (non-hydrogen) atoms. The number of benzene rings is 1. The van der Waals surface area contributed by atoms with Gasteiger partial charge in [0.05, 0.1) is 12.6 Å². The number of hydrogen-bond donors (Lipinski definition) is 2. The van der Waals surface area contributed by atoms with Gasteiger partial charge in [0.25, 0.3) is 0 Å². The fourth-order valence-electron chi connectivity index (χ4n) is 2.01. The Balaban J connectivity index is 2.53. The van der Waals surface area contributed by atoms with Gasteiger partial charge >= 0.3 is 0 Å². The van der Waals surface area contributed by atoms with E-state index in [1.54, 1.807) is 0 Å². The topological polar surface area (TPSA) is 64.3 Å². The summed E-state index contributed by atoms with van der Waals surface area (Å²) in [6.07, 6.45) is 1.55. The SMILES string of the molecule is CCCNC(CCOc1cccc(C(C)(C)C)c1)C(N)=O. The zero-order chi connectivity index (χ0) is 15.9. The number of ether oxygens (including phenoxy) is 1. The number of primary amides is 1. The number of nitrogens with two attached hydrogens (primary N) is 1. The smallest absolute Gasteiger partial charge is 0.234 e. The quantitative estimate of drug-likeness (QED) is 0.774. The minimum absolute atomic E-state index is 0.0951. The second kappa shape index (κ2) is 8.03. The van der Waals surface area contributed by atoms with E-state index < -0.39 is 0 Å². The third-order valence-electron chi connectivity index (χ3n) is 3.36. The van der Waals surface area contributed by atoms with Gasteiger partial charge in [-0.2, -0.15) is 0 Å². The molecule has 1 atom stereocenters. The van der Waals surface area contributed by atoms with Gasteiger partial charge in [0, 0.05) is 6.42 Å². The van der Waals surface area contributed by atoms with E-state index in [9.17, 15) is 4.79 Å². The first-order valence-electron chi connectivity index (χ1n) is 7.60. The van der Waals surface area contributed by atoms with E-state index in [2.05, 4.69) is 45.1 Å². The number of nitrogens with one attached hydrogen (secondary N) is 1. The molecule has 0 radical (unpaired) electrons. The fraction of sp³-hybridized carbons (Fsp3) is 0.588. The van der Waals surface area contributed by atoms with Crippen LogP contribution in [0, 0.1) is 0 Å². The molecular formula is C17H28N2O2. The number of amides is 1. The Morgan fingerprint density at radius 2 is 2.10 bits per heavy atom. The molecule has 1 aromatic rings. The molecule has 0 saturated carbocycles. The van der Waals surface area contributed by atoms with Gasteiger partial charge in [0.15, 0.2) is 0 Å². The Hall–Kier alpha value is -1.55. The largest absolute Gasteiger partial charge is 0.494 e. The number of carbonyl (C=O) groups is 1. The summed E-state index contributed by atoms with van der Waals surface area (Å²) in [7, 11) is 0. The Bertz CT molecular complexity index is 452. The first-order chi connectivity index (χ1) is 9.84. The lowest BCUT2D eigenvalue weighted by Gasteiger charge is -2.20. The van der Waals surface area contributed by atoms with Crippen LogP contribution in [0.15, 0.2) is 24.3 Å². The van der Waals surface area contributed by atoms with Crippen LogP contribution in [0.5, 0.6) is 5.75 Å². The van der Waals surface area contributed by atoms with Crippen LogP contribution < -0.4 is 15.8 Å². The van der Waals surface area contributed by atoms with E-state index in [1.165, 1.54) is 5.56 Å². The summed E-state index contributed by atoms with van der Waals surface area (Å²) < 4.78 is 5.75. The number of rotatable bonds is 8. The second-order valence-electron chi connectivity index (χ2n) is 6.32. The summed E-state index contributed by atoms with van der Waals surface area (Å²) in [5, 5.41) is 3.14. The van der Waals surface area contributed by atoms with E-state index in [1.807, 2.05) is 12.1 Å². The lowest BCUT2D eigenvalue weighted by atomic mass is 9.87. The molecule has 118 valence electrons. The molecule has 0 bridgehead atoms. The van der Waals surface area contributed by atoms with E-state index in [0.29, 0.717) is 13.0 Å². The van der Waals surface area contributed by atoms with Gasteiger partial charge < -0.3 is 15.8 Å². The molecule has 1 rings (SSSR count). The molecule has 1 amide bonds. The Labute approximate surface area is 128 Å². The van der Waals surface area contributed by atoms with Crippen molar-refractivity contribution in [2.24, 2.45) is 5.73 Å². The summed E-state index contributed by atoms with van der Waals surface area (Å²) in [5.41, 5.74) is 6.71. The minimum atomic E-state index is -0.324. The van der Waals surface area contributed by atoms with E-state index in [4.69, 9.17) is 10.5 Å². The van der Waals surface area contributed by atoms with Crippen LogP contribution >= 0.6 is 0 Å².